The van der Waals surface area contributed by atoms with Crippen LogP contribution in [0, 0.1) is 17.8 Å². The van der Waals surface area contributed by atoms with E-state index < -0.39 is 0 Å². The highest BCUT2D eigenvalue weighted by molar-refractivity contribution is 6.31. The summed E-state index contributed by atoms with van der Waals surface area (Å²) in [5.41, 5.74) is 2.58. The lowest BCUT2D eigenvalue weighted by molar-refractivity contribution is -0.0208. The normalized spacial score (nSPS) is 37.4. The molecule has 4 saturated carbocycles. The van der Waals surface area contributed by atoms with Crippen molar-refractivity contribution in [1.82, 2.24) is 15.1 Å². The van der Waals surface area contributed by atoms with E-state index in [0.29, 0.717) is 5.54 Å². The van der Waals surface area contributed by atoms with Crippen molar-refractivity contribution >= 4 is 11.6 Å². The van der Waals surface area contributed by atoms with Crippen LogP contribution in [0.25, 0.3) is 0 Å². The highest BCUT2D eigenvalue weighted by Gasteiger charge is 2.50. The van der Waals surface area contributed by atoms with Gasteiger partial charge in [0.1, 0.15) is 0 Å². The highest BCUT2D eigenvalue weighted by Crippen LogP contribution is 2.55. The first kappa shape index (κ1) is 14.1. The van der Waals surface area contributed by atoms with E-state index >= 15 is 0 Å². The fourth-order valence-electron chi connectivity index (χ4n) is 5.61. The molecule has 0 radical (unpaired) electrons. The Hall–Kier alpha value is -0.540. The van der Waals surface area contributed by atoms with Crippen LogP contribution < -0.4 is 5.32 Å². The fourth-order valence-corrected chi connectivity index (χ4v) is 5.97. The summed E-state index contributed by atoms with van der Waals surface area (Å²) in [6, 6.07) is 0. The molecule has 5 rings (SSSR count). The predicted octanol–water partition coefficient (Wildman–Crippen LogP) is 3.69. The smallest absolute Gasteiger partial charge is 0.0863 e. The largest absolute Gasteiger partial charge is 0.306 e. The van der Waals surface area contributed by atoms with Crippen LogP contribution in [0.1, 0.15) is 56.8 Å². The molecular formula is C17H26ClN3. The van der Waals surface area contributed by atoms with Gasteiger partial charge in [0.2, 0.25) is 0 Å². The molecule has 21 heavy (non-hydrogen) atoms. The molecule has 0 aromatic carbocycles. The van der Waals surface area contributed by atoms with Crippen LogP contribution in [0.4, 0.5) is 0 Å². The average Bonchev–Trinajstić information content (AvgIpc) is 2.69. The third-order valence-corrected chi connectivity index (χ3v) is 6.61. The first-order chi connectivity index (χ1) is 10.1. The molecule has 4 aliphatic rings. The Labute approximate surface area is 132 Å². The lowest BCUT2D eigenvalue weighted by Crippen LogP contribution is -2.58. The molecular weight excluding hydrogens is 282 g/mol. The number of nitrogens with one attached hydrogen (secondary N) is 1. The summed E-state index contributed by atoms with van der Waals surface area (Å²) in [5.74, 6) is 2.95. The van der Waals surface area contributed by atoms with Gasteiger partial charge in [-0.1, -0.05) is 18.5 Å². The van der Waals surface area contributed by atoms with Crippen molar-refractivity contribution in [3.05, 3.63) is 16.4 Å². The van der Waals surface area contributed by atoms with Crippen LogP contribution in [0.2, 0.25) is 5.02 Å². The van der Waals surface area contributed by atoms with Gasteiger partial charge in [-0.05, 0) is 62.7 Å². The zero-order valence-corrected chi connectivity index (χ0v) is 13.9. The predicted molar refractivity (Wildman–Crippen MR) is 85.3 cm³/mol. The van der Waals surface area contributed by atoms with Crippen molar-refractivity contribution < 1.29 is 0 Å². The lowest BCUT2D eigenvalue weighted by atomic mass is 9.53. The Kier molecular flexibility index (Phi) is 3.34. The van der Waals surface area contributed by atoms with Crippen LogP contribution in [0.15, 0.2) is 0 Å². The van der Waals surface area contributed by atoms with Crippen LogP contribution in [-0.2, 0) is 20.0 Å². The summed E-state index contributed by atoms with van der Waals surface area (Å²) in [4.78, 5) is 0. The molecule has 4 aliphatic carbocycles. The molecule has 0 aliphatic heterocycles. The zero-order chi connectivity index (χ0) is 14.6. The van der Waals surface area contributed by atoms with E-state index in [2.05, 4.69) is 17.3 Å². The molecule has 0 atom stereocenters. The van der Waals surface area contributed by atoms with Gasteiger partial charge in [0.15, 0.2) is 0 Å². The minimum Gasteiger partial charge on any atom is -0.306 e. The molecule has 1 aromatic rings. The van der Waals surface area contributed by atoms with Gasteiger partial charge in [-0.2, -0.15) is 5.10 Å². The third kappa shape index (κ3) is 2.33. The third-order valence-electron chi connectivity index (χ3n) is 6.17. The molecule has 4 heteroatoms. The van der Waals surface area contributed by atoms with Crippen molar-refractivity contribution in [3.8, 4) is 0 Å². The number of halogens is 1. The molecule has 1 heterocycles. The van der Waals surface area contributed by atoms with Crippen molar-refractivity contribution in [2.45, 2.75) is 64.0 Å². The number of hydrogen-bond donors (Lipinski definition) is 1. The van der Waals surface area contributed by atoms with Gasteiger partial charge in [0.05, 0.1) is 16.4 Å². The lowest BCUT2D eigenvalue weighted by Gasteiger charge is -2.57. The minimum atomic E-state index is 0.398. The van der Waals surface area contributed by atoms with E-state index in [4.69, 9.17) is 11.6 Å². The Morgan fingerprint density at radius 3 is 2.24 bits per heavy atom. The monoisotopic (exact) mass is 307 g/mol. The second-order valence-corrected chi connectivity index (χ2v) is 8.11. The molecule has 4 bridgehead atoms. The van der Waals surface area contributed by atoms with Crippen LogP contribution in [0.5, 0.6) is 0 Å². The number of aromatic nitrogens is 2. The van der Waals surface area contributed by atoms with Crippen molar-refractivity contribution in [2.75, 3.05) is 0 Å². The molecule has 4 fully saturated rings. The Morgan fingerprint density at radius 1 is 1.19 bits per heavy atom. The second kappa shape index (κ2) is 4.99. The molecule has 0 saturated heterocycles. The van der Waals surface area contributed by atoms with E-state index in [1.54, 1.807) is 0 Å². The Balaban J connectivity index is 1.51. The molecule has 3 nitrogen and oxygen atoms in total. The van der Waals surface area contributed by atoms with Gasteiger partial charge < -0.3 is 5.32 Å². The summed E-state index contributed by atoms with van der Waals surface area (Å²) in [6.07, 6.45) is 9.54. The molecule has 0 amide bonds. The minimum absolute atomic E-state index is 0.398. The van der Waals surface area contributed by atoms with Gasteiger partial charge >= 0.3 is 0 Å². The maximum atomic E-state index is 6.49. The first-order valence-electron chi connectivity index (χ1n) is 8.54. The van der Waals surface area contributed by atoms with E-state index in [9.17, 15) is 0 Å². The molecule has 0 unspecified atom stereocenters. The highest BCUT2D eigenvalue weighted by atomic mass is 35.5. The van der Waals surface area contributed by atoms with E-state index in [1.807, 2.05) is 11.7 Å². The van der Waals surface area contributed by atoms with Crippen LogP contribution >= 0.6 is 11.6 Å². The van der Waals surface area contributed by atoms with Gasteiger partial charge in [-0.3, -0.25) is 4.68 Å². The first-order valence-corrected chi connectivity index (χ1v) is 8.91. The summed E-state index contributed by atoms with van der Waals surface area (Å²) < 4.78 is 1.97. The van der Waals surface area contributed by atoms with Gasteiger partial charge in [-0.25, -0.2) is 0 Å². The molecule has 1 N–H and O–H groups in total. The van der Waals surface area contributed by atoms with Crippen LogP contribution in [-0.4, -0.2) is 15.3 Å². The van der Waals surface area contributed by atoms with Crippen LogP contribution in [0.3, 0.4) is 0 Å². The standard InChI is InChI=1S/C17H26ClN3/c1-3-14-16(18)15(21(2)20-14)10-19-17-7-11-4-12(8-17)6-13(5-11)9-17/h11-13,19H,3-10H2,1-2H3. The quantitative estimate of drug-likeness (QED) is 0.919. The number of aryl methyl sites for hydroxylation is 2. The van der Waals surface area contributed by atoms with Crippen molar-refractivity contribution in [1.29, 1.82) is 0 Å². The average molecular weight is 308 g/mol. The number of hydrogen-bond acceptors (Lipinski definition) is 2. The van der Waals surface area contributed by atoms with Gasteiger partial charge in [-0.15, -0.1) is 0 Å². The topological polar surface area (TPSA) is 29.9 Å². The summed E-state index contributed by atoms with van der Waals surface area (Å²) in [7, 11) is 2.02. The van der Waals surface area contributed by atoms with E-state index in [-0.39, 0.29) is 0 Å². The fraction of sp³-hybridized carbons (Fsp3) is 0.824. The summed E-state index contributed by atoms with van der Waals surface area (Å²) in [6.45, 7) is 2.99. The maximum Gasteiger partial charge on any atom is 0.0863 e. The Bertz CT molecular complexity index is 513. The second-order valence-electron chi connectivity index (χ2n) is 7.74. The van der Waals surface area contributed by atoms with E-state index in [0.717, 1.165) is 47.1 Å². The zero-order valence-electron chi connectivity index (χ0n) is 13.2. The van der Waals surface area contributed by atoms with E-state index in [1.165, 1.54) is 38.5 Å². The molecule has 1 aromatic heterocycles. The summed E-state index contributed by atoms with van der Waals surface area (Å²) in [5, 5.41) is 9.33. The van der Waals surface area contributed by atoms with Gasteiger partial charge in [0, 0.05) is 19.1 Å². The van der Waals surface area contributed by atoms with Crippen molar-refractivity contribution in [2.24, 2.45) is 24.8 Å². The number of rotatable bonds is 4. The number of nitrogens with zero attached hydrogens (tertiary/aromatic N) is 2. The van der Waals surface area contributed by atoms with Crippen molar-refractivity contribution in [3.63, 3.8) is 0 Å². The Morgan fingerprint density at radius 2 is 1.76 bits per heavy atom. The molecule has 116 valence electrons. The molecule has 0 spiro atoms. The summed E-state index contributed by atoms with van der Waals surface area (Å²) >= 11 is 6.49. The van der Waals surface area contributed by atoms with Gasteiger partial charge in [0.25, 0.3) is 0 Å². The maximum absolute atomic E-state index is 6.49. The SMILES string of the molecule is CCc1nn(C)c(CNC23CC4CC(CC(C4)C2)C3)c1Cl.